The van der Waals surface area contributed by atoms with Gasteiger partial charge in [-0.15, -0.1) is 0 Å². The van der Waals surface area contributed by atoms with E-state index in [1.165, 1.54) is 180 Å². The summed E-state index contributed by atoms with van der Waals surface area (Å²) in [6, 6.07) is -1.12. The lowest BCUT2D eigenvalue weighted by molar-refractivity contribution is -0.889. The van der Waals surface area contributed by atoms with Crippen molar-refractivity contribution in [1.82, 2.24) is 0 Å². The monoisotopic (exact) mass is 1890 g/mol. The Morgan fingerprint density at radius 2 is 0.417 bits per heavy atom. The van der Waals surface area contributed by atoms with Gasteiger partial charge in [0.05, 0.1) is 212 Å². The molecule has 0 spiro atoms. The number of rotatable bonds is 63. The van der Waals surface area contributed by atoms with Gasteiger partial charge in [-0.1, -0.05) is 220 Å². The van der Waals surface area contributed by atoms with Gasteiger partial charge in [0.1, 0.15) is 110 Å². The summed E-state index contributed by atoms with van der Waals surface area (Å²) in [6.07, 6.45) is 46.6. The summed E-state index contributed by atoms with van der Waals surface area (Å²) >= 11 is 0. The van der Waals surface area contributed by atoms with E-state index < -0.39 is 53.7 Å². The van der Waals surface area contributed by atoms with Crippen LogP contribution in [0.25, 0.3) is 0 Å². The fourth-order valence-corrected chi connectivity index (χ4v) is 16.2. The molecule has 0 saturated carbocycles. The summed E-state index contributed by atoms with van der Waals surface area (Å²) in [5, 5.41) is 131. The van der Waals surface area contributed by atoms with E-state index >= 15 is 0 Å². The van der Waals surface area contributed by atoms with Crippen LogP contribution in [0, 0.1) is 0 Å². The molecule has 0 amide bonds. The summed E-state index contributed by atoms with van der Waals surface area (Å²) in [5.41, 5.74) is 0. The highest BCUT2D eigenvalue weighted by Crippen LogP contribution is 2.22. The minimum absolute atomic E-state index is 0.0276. The van der Waals surface area contributed by atoms with Gasteiger partial charge >= 0.3 is 0 Å². The molecule has 0 aliphatic carbocycles. The van der Waals surface area contributed by atoms with Crippen LogP contribution >= 0.6 is 0 Å². The van der Waals surface area contributed by atoms with E-state index in [0.717, 1.165) is 81.1 Å². The molecule has 7 atom stereocenters. The zero-order chi connectivity index (χ0) is 102. The minimum atomic E-state index is -1.09. The zero-order valence-corrected chi connectivity index (χ0v) is 86.9. The molecule has 7 unspecified atom stereocenters. The normalized spacial score (nSPS) is 18.6. The number of aliphatic hydroxyl groups is 4. The van der Waals surface area contributed by atoms with Gasteiger partial charge in [0, 0.05) is 47.0 Å². The van der Waals surface area contributed by atoms with Gasteiger partial charge in [-0.2, -0.15) is 0 Å². The van der Waals surface area contributed by atoms with E-state index in [1.807, 2.05) is 63.4 Å². The predicted octanol–water partition coefficient (Wildman–Crippen LogP) is -0.279. The summed E-state index contributed by atoms with van der Waals surface area (Å²) in [4.78, 5) is 112. The molecule has 0 fully saturated rings. The molecule has 0 aromatic carbocycles. The lowest BCUT2D eigenvalue weighted by Gasteiger charge is -2.34. The third-order valence-corrected chi connectivity index (χ3v) is 24.4. The number of likely N-dealkylation sites (N-methyl/N-ethyl adjacent to an activating group) is 5. The SMILES string of the molecule is CC1=NCC[N+]1(CCO)CC(=O)[O-].CC1=NCC[N+]1(CCO)CC(=O)[O-].CC1=NCC[N+]1(CCO)CC(=O)[O-].CC1=NCC[N+]1(CCO)CC(=O)[O-].CCCCCCCCCCC(C(=O)[O-])[N+](C)(C)C.CCCCCCCCCCCCCCC(C(=O)[O-])[N+](C)(C)C.CCCCCCCCCCCCCCCCC(C(=O)[O-])[N+](C)(C)C.C[N+](C)(C)CC(=O)[O-].C[N+](C)(C)CC(=O)[O-]. The minimum Gasteiger partial charge on any atom is -0.544 e. The van der Waals surface area contributed by atoms with Crippen molar-refractivity contribution in [2.75, 3.05) is 250 Å². The van der Waals surface area contributed by atoms with Crippen LogP contribution in [0.4, 0.5) is 0 Å². The Hall–Kier alpha value is -6.61. The van der Waals surface area contributed by atoms with Crippen LogP contribution < -0.4 is 46.0 Å². The van der Waals surface area contributed by atoms with Crippen molar-refractivity contribution in [3.8, 4) is 0 Å². The quantitative estimate of drug-likeness (QED) is 0.0449. The number of aliphatic carboxylic acids is 9. The van der Waals surface area contributed by atoms with Crippen LogP contribution in [0.15, 0.2) is 20.0 Å². The Bertz CT molecular complexity index is 3010. The number of aliphatic hydroxyl groups excluding tert-OH is 4. The van der Waals surface area contributed by atoms with E-state index in [-0.39, 0.29) is 102 Å². The maximum Gasteiger partial charge on any atom is 0.195 e. The molecular formula is C97H191N13O22. The number of carbonyl (C=O) groups is 9. The molecule has 4 N–H and O–H groups in total. The van der Waals surface area contributed by atoms with Gasteiger partial charge in [-0.3, -0.25) is 17.9 Å². The molecule has 35 heteroatoms. The topological polar surface area (TPSA) is 492 Å². The molecular weight excluding hydrogens is 1700 g/mol. The molecule has 132 heavy (non-hydrogen) atoms. The van der Waals surface area contributed by atoms with Crippen molar-refractivity contribution >= 4 is 77.1 Å². The Kier molecular flexibility index (Phi) is 76.6. The van der Waals surface area contributed by atoms with Crippen LogP contribution in [-0.2, 0) is 43.2 Å². The number of hydrogen-bond acceptors (Lipinski definition) is 26. The van der Waals surface area contributed by atoms with Crippen LogP contribution in [-0.4, -0.2) is 406 Å². The fraction of sp³-hybridized carbons (Fsp3) is 0.866. The first-order valence-corrected chi connectivity index (χ1v) is 49.2. The highest BCUT2D eigenvalue weighted by molar-refractivity contribution is 5.79. The Labute approximate surface area is 797 Å². The highest BCUT2D eigenvalue weighted by atomic mass is 16.4. The summed E-state index contributed by atoms with van der Waals surface area (Å²) in [5.74, 6) is -5.99. The third-order valence-electron chi connectivity index (χ3n) is 24.4. The zero-order valence-electron chi connectivity index (χ0n) is 86.9. The molecule has 776 valence electrons. The fourth-order valence-electron chi connectivity index (χ4n) is 16.2. The van der Waals surface area contributed by atoms with Gasteiger partial charge in [-0.25, -0.2) is 20.0 Å². The predicted molar refractivity (Wildman–Crippen MR) is 504 cm³/mol. The summed E-state index contributed by atoms with van der Waals surface area (Å²) in [7, 11) is 28.2. The van der Waals surface area contributed by atoms with E-state index in [4.69, 9.17) is 20.4 Å². The number of nitrogens with zero attached hydrogens (tertiary/aromatic N) is 13. The smallest absolute Gasteiger partial charge is 0.195 e. The maximum absolute atomic E-state index is 11.2. The standard InChI is InChI=1S/C21H43NO2.C19H39NO2.C15H31NO2.4C8H14N2O3.2C5H11NO2/c1-5-6-7-8-9-10-11-12-13-14-15-16-17-18-19-20(21(23)24)22(2,3)4;1-5-6-7-8-9-10-11-12-13-14-15-16-17-18(19(21)22)20(2,3)4;1-5-6-7-8-9-10-11-12-13-14(15(17)18)16(2,3)4;4*1-7-9-2-3-10(7,4-5-11)6-8(12)13;2*1-6(2,3)4-5(7)8/h20H,5-19H2,1-4H3;18H,5-17H2,1-4H3;14H,5-13H2,1-4H3;4*11H,2-6H2,1H3;2*4H2,1-3H3. The average molecular weight is 1890 g/mol. The second kappa shape index (κ2) is 75.5. The molecule has 0 bridgehead atoms. The molecule has 4 heterocycles. The van der Waals surface area contributed by atoms with Crippen molar-refractivity contribution < 1.29 is 150 Å². The van der Waals surface area contributed by atoms with Crippen LogP contribution in [0.1, 0.15) is 286 Å². The molecule has 4 rings (SSSR count). The molecule has 0 aromatic heterocycles. The van der Waals surface area contributed by atoms with Gasteiger partial charge in [0.15, 0.2) is 23.3 Å². The van der Waals surface area contributed by atoms with E-state index in [1.54, 1.807) is 70.0 Å². The van der Waals surface area contributed by atoms with Gasteiger partial charge in [-0.05, 0) is 19.3 Å². The second-order valence-electron chi connectivity index (χ2n) is 40.9. The number of aliphatic imine (C=N–C) groups is 4. The first-order valence-electron chi connectivity index (χ1n) is 49.2. The lowest BCUT2D eigenvalue weighted by atomic mass is 10.0. The van der Waals surface area contributed by atoms with Crippen LogP contribution in [0.2, 0.25) is 0 Å². The largest absolute Gasteiger partial charge is 0.544 e. The molecule has 0 aromatic rings. The van der Waals surface area contributed by atoms with Crippen molar-refractivity contribution in [1.29, 1.82) is 0 Å². The van der Waals surface area contributed by atoms with Crippen molar-refractivity contribution in [2.24, 2.45) is 20.0 Å². The molecule has 4 aliphatic rings. The van der Waals surface area contributed by atoms with E-state index in [0.29, 0.717) is 101 Å². The van der Waals surface area contributed by atoms with Gasteiger partial charge < -0.3 is 132 Å². The average Bonchev–Trinajstić information content (AvgIpc) is 1.69. The van der Waals surface area contributed by atoms with Crippen molar-refractivity contribution in [2.45, 2.75) is 304 Å². The summed E-state index contributed by atoms with van der Waals surface area (Å²) in [6.45, 7) is 20.4. The van der Waals surface area contributed by atoms with Gasteiger partial charge in [0.2, 0.25) is 0 Å². The van der Waals surface area contributed by atoms with Crippen molar-refractivity contribution in [3.63, 3.8) is 0 Å². The number of unbranched alkanes of at least 4 members (excludes halogenated alkanes) is 31. The van der Waals surface area contributed by atoms with Crippen molar-refractivity contribution in [3.05, 3.63) is 0 Å². The molecule has 0 saturated heterocycles. The Morgan fingerprint density at radius 1 is 0.265 bits per heavy atom. The number of carbonyl (C=O) groups excluding carboxylic acids is 9. The highest BCUT2D eigenvalue weighted by Gasteiger charge is 2.39. The Morgan fingerprint density at radius 3 is 0.508 bits per heavy atom. The number of quaternary nitrogens is 9. The molecule has 4 aliphatic heterocycles. The first kappa shape index (κ1) is 134. The maximum atomic E-state index is 11.2. The number of carboxylic acids is 9. The first-order chi connectivity index (χ1) is 61.4. The van der Waals surface area contributed by atoms with Crippen LogP contribution in [0.3, 0.4) is 0 Å². The van der Waals surface area contributed by atoms with Crippen LogP contribution in [0.5, 0.6) is 0 Å². The number of amidine groups is 4. The van der Waals surface area contributed by atoms with E-state index in [2.05, 4.69) is 40.7 Å². The molecule has 0 radical (unpaired) electrons. The number of hydrogen-bond donors (Lipinski definition) is 4. The Balaban J connectivity index is -0.000000467. The third kappa shape index (κ3) is 71.0. The number of carboxylic acid groups (broad SMARTS) is 9. The molecule has 35 nitrogen and oxygen atoms in total. The summed E-state index contributed by atoms with van der Waals surface area (Å²) < 4.78 is 3.21. The van der Waals surface area contributed by atoms with Gasteiger partial charge in [0.25, 0.3) is 0 Å². The van der Waals surface area contributed by atoms with E-state index in [9.17, 15) is 89.1 Å². The second-order valence-corrected chi connectivity index (χ2v) is 40.9. The lowest BCUT2D eigenvalue weighted by Crippen LogP contribution is -2.56.